The molecule has 152 valence electrons. The number of hydrogen-bond donors (Lipinski definition) is 2. The number of morpholine rings is 1. The molecule has 0 saturated carbocycles. The van der Waals surface area contributed by atoms with Crippen molar-refractivity contribution in [3.63, 3.8) is 0 Å². The lowest BCUT2D eigenvalue weighted by molar-refractivity contribution is 0.0376. The summed E-state index contributed by atoms with van der Waals surface area (Å²) >= 11 is 0. The highest BCUT2D eigenvalue weighted by Gasteiger charge is 2.09. The Morgan fingerprint density at radius 2 is 1.89 bits per heavy atom. The minimum atomic E-state index is 0.673. The van der Waals surface area contributed by atoms with Crippen molar-refractivity contribution in [1.82, 2.24) is 15.5 Å². The number of ether oxygens (including phenoxy) is 1. The van der Waals surface area contributed by atoms with Gasteiger partial charge in [0.25, 0.3) is 0 Å². The number of furan rings is 1. The van der Waals surface area contributed by atoms with Crippen molar-refractivity contribution in [3.8, 4) is 0 Å². The summed E-state index contributed by atoms with van der Waals surface area (Å²) in [5, 5.41) is 6.91. The van der Waals surface area contributed by atoms with E-state index in [4.69, 9.17) is 14.1 Å². The highest BCUT2D eigenvalue weighted by molar-refractivity contribution is 5.79. The Labute approximate surface area is 168 Å². The van der Waals surface area contributed by atoms with Gasteiger partial charge >= 0.3 is 0 Å². The van der Waals surface area contributed by atoms with Crippen LogP contribution < -0.4 is 10.6 Å². The van der Waals surface area contributed by atoms with Crippen LogP contribution in [0.2, 0.25) is 0 Å². The summed E-state index contributed by atoms with van der Waals surface area (Å²) in [5.41, 5.74) is 2.52. The minimum Gasteiger partial charge on any atom is -0.469 e. The second-order valence-corrected chi connectivity index (χ2v) is 7.08. The summed E-state index contributed by atoms with van der Waals surface area (Å²) in [4.78, 5) is 7.25. The van der Waals surface area contributed by atoms with E-state index in [0.29, 0.717) is 6.54 Å². The van der Waals surface area contributed by atoms with E-state index in [1.54, 1.807) is 6.26 Å². The molecule has 0 amide bonds. The van der Waals surface area contributed by atoms with Crippen molar-refractivity contribution in [1.29, 1.82) is 0 Å². The van der Waals surface area contributed by atoms with Crippen LogP contribution in [-0.2, 0) is 17.7 Å². The largest absolute Gasteiger partial charge is 0.469 e. The average Bonchev–Trinajstić information content (AvgIpc) is 3.24. The Bertz CT molecular complexity index is 709. The SMILES string of the molecule is Cc1ccccc1CN=C(NCCCN1CCOCC1)NCCc1ccco1. The van der Waals surface area contributed by atoms with Crippen LogP contribution in [-0.4, -0.2) is 56.8 Å². The zero-order valence-electron chi connectivity index (χ0n) is 16.8. The molecule has 2 aromatic rings. The molecule has 0 atom stereocenters. The second kappa shape index (κ2) is 11.5. The summed E-state index contributed by atoms with van der Waals surface area (Å²) in [6.45, 7) is 9.36. The van der Waals surface area contributed by atoms with E-state index in [2.05, 4.69) is 46.7 Å². The van der Waals surface area contributed by atoms with Crippen molar-refractivity contribution in [2.45, 2.75) is 26.3 Å². The molecule has 1 aliphatic rings. The van der Waals surface area contributed by atoms with E-state index < -0.39 is 0 Å². The highest BCUT2D eigenvalue weighted by Crippen LogP contribution is 2.08. The number of hydrogen-bond acceptors (Lipinski definition) is 4. The van der Waals surface area contributed by atoms with E-state index in [1.807, 2.05) is 12.1 Å². The van der Waals surface area contributed by atoms with Crippen molar-refractivity contribution in [2.24, 2.45) is 4.99 Å². The Morgan fingerprint density at radius 3 is 2.68 bits per heavy atom. The fourth-order valence-corrected chi connectivity index (χ4v) is 3.22. The molecule has 1 aromatic carbocycles. The first kappa shape index (κ1) is 20.4. The quantitative estimate of drug-likeness (QED) is 0.395. The van der Waals surface area contributed by atoms with Crippen LogP contribution in [0.15, 0.2) is 52.1 Å². The molecule has 6 heteroatoms. The van der Waals surface area contributed by atoms with Gasteiger partial charge in [0.05, 0.1) is 26.0 Å². The van der Waals surface area contributed by atoms with Gasteiger partial charge in [0, 0.05) is 32.6 Å². The third-order valence-electron chi connectivity index (χ3n) is 4.96. The molecule has 0 radical (unpaired) electrons. The third kappa shape index (κ3) is 7.02. The summed E-state index contributed by atoms with van der Waals surface area (Å²) in [6.07, 6.45) is 3.64. The van der Waals surface area contributed by atoms with Crippen molar-refractivity contribution >= 4 is 5.96 Å². The zero-order chi connectivity index (χ0) is 19.4. The lowest BCUT2D eigenvalue weighted by Gasteiger charge is -2.26. The van der Waals surface area contributed by atoms with E-state index >= 15 is 0 Å². The van der Waals surface area contributed by atoms with Gasteiger partial charge in [-0.25, -0.2) is 4.99 Å². The molecule has 2 N–H and O–H groups in total. The normalized spacial score (nSPS) is 15.5. The summed E-state index contributed by atoms with van der Waals surface area (Å²) in [5.74, 6) is 1.84. The standard InChI is InChI=1S/C22H32N4O2/c1-19-6-2-3-7-20(19)18-25-22(24-11-9-21-8-4-15-28-21)23-10-5-12-26-13-16-27-17-14-26/h2-4,6-8,15H,5,9-14,16-18H2,1H3,(H2,23,24,25). The van der Waals surface area contributed by atoms with Gasteiger partial charge in [-0.15, -0.1) is 0 Å². The number of rotatable bonds is 9. The maximum Gasteiger partial charge on any atom is 0.191 e. The molecule has 1 fully saturated rings. The number of guanidine groups is 1. The summed E-state index contributed by atoms with van der Waals surface area (Å²) < 4.78 is 10.8. The molecule has 2 heterocycles. The van der Waals surface area contributed by atoms with Gasteiger partial charge in [0.15, 0.2) is 5.96 Å². The molecule has 28 heavy (non-hydrogen) atoms. The van der Waals surface area contributed by atoms with Gasteiger partial charge in [-0.05, 0) is 43.1 Å². The molecule has 1 saturated heterocycles. The van der Waals surface area contributed by atoms with E-state index in [-0.39, 0.29) is 0 Å². The topological polar surface area (TPSA) is 62.0 Å². The van der Waals surface area contributed by atoms with Gasteiger partial charge in [0.1, 0.15) is 5.76 Å². The number of aliphatic imine (C=N–C) groups is 1. The first-order valence-corrected chi connectivity index (χ1v) is 10.2. The van der Waals surface area contributed by atoms with Crippen molar-refractivity contribution in [2.75, 3.05) is 45.9 Å². The predicted octanol–water partition coefficient (Wildman–Crippen LogP) is 2.59. The van der Waals surface area contributed by atoms with Crippen molar-refractivity contribution < 1.29 is 9.15 Å². The molecule has 1 aromatic heterocycles. The minimum absolute atomic E-state index is 0.673. The Balaban J connectivity index is 1.47. The highest BCUT2D eigenvalue weighted by atomic mass is 16.5. The monoisotopic (exact) mass is 384 g/mol. The number of nitrogens with one attached hydrogen (secondary N) is 2. The average molecular weight is 385 g/mol. The molecular formula is C22H32N4O2. The maximum absolute atomic E-state index is 5.41. The van der Waals surface area contributed by atoms with Crippen LogP contribution in [0.1, 0.15) is 23.3 Å². The number of aryl methyl sites for hydroxylation is 1. The van der Waals surface area contributed by atoms with Crippen LogP contribution in [0.3, 0.4) is 0 Å². The predicted molar refractivity (Wildman–Crippen MR) is 113 cm³/mol. The molecule has 0 aliphatic carbocycles. The van der Waals surface area contributed by atoms with Crippen LogP contribution in [0.5, 0.6) is 0 Å². The van der Waals surface area contributed by atoms with Crippen LogP contribution in [0.25, 0.3) is 0 Å². The third-order valence-corrected chi connectivity index (χ3v) is 4.96. The molecule has 6 nitrogen and oxygen atoms in total. The first-order valence-electron chi connectivity index (χ1n) is 10.2. The fraction of sp³-hybridized carbons (Fsp3) is 0.500. The van der Waals surface area contributed by atoms with E-state index in [9.17, 15) is 0 Å². The zero-order valence-corrected chi connectivity index (χ0v) is 16.8. The lowest BCUT2D eigenvalue weighted by atomic mass is 10.1. The van der Waals surface area contributed by atoms with Crippen LogP contribution in [0.4, 0.5) is 0 Å². The van der Waals surface area contributed by atoms with E-state index in [1.165, 1.54) is 11.1 Å². The van der Waals surface area contributed by atoms with Crippen LogP contribution >= 0.6 is 0 Å². The van der Waals surface area contributed by atoms with Crippen LogP contribution in [0, 0.1) is 6.92 Å². The molecular weight excluding hydrogens is 352 g/mol. The van der Waals surface area contributed by atoms with Gasteiger partial charge in [-0.2, -0.15) is 0 Å². The second-order valence-electron chi connectivity index (χ2n) is 7.08. The van der Waals surface area contributed by atoms with Gasteiger partial charge < -0.3 is 19.8 Å². The molecule has 1 aliphatic heterocycles. The molecule has 0 unspecified atom stereocenters. The first-order chi connectivity index (χ1) is 13.8. The van der Waals surface area contributed by atoms with Gasteiger partial charge in [-0.1, -0.05) is 24.3 Å². The smallest absolute Gasteiger partial charge is 0.191 e. The van der Waals surface area contributed by atoms with Gasteiger partial charge in [-0.3, -0.25) is 4.90 Å². The maximum atomic E-state index is 5.41. The van der Waals surface area contributed by atoms with E-state index in [0.717, 1.165) is 70.5 Å². The van der Waals surface area contributed by atoms with Crippen molar-refractivity contribution in [3.05, 3.63) is 59.5 Å². The summed E-state index contributed by atoms with van der Waals surface area (Å²) in [7, 11) is 0. The number of nitrogens with zero attached hydrogens (tertiary/aromatic N) is 2. The molecule has 0 spiro atoms. The van der Waals surface area contributed by atoms with Gasteiger partial charge in [0.2, 0.25) is 0 Å². The number of benzene rings is 1. The Hall–Kier alpha value is -2.31. The lowest BCUT2D eigenvalue weighted by Crippen LogP contribution is -2.41. The molecule has 3 rings (SSSR count). The Kier molecular flexibility index (Phi) is 8.40. The fourth-order valence-electron chi connectivity index (χ4n) is 3.22. The Morgan fingerprint density at radius 1 is 1.07 bits per heavy atom. The molecule has 0 bridgehead atoms. The summed E-state index contributed by atoms with van der Waals surface area (Å²) in [6, 6.07) is 12.3.